The standard InChI is InChI=1S/C28H44N2O2/c31-28(32)27(26-13-5-2-6-14-26)30-20-17-25(22-30)21-29-18-15-24(16-19-29)12-8-7-11-23-9-3-1-4-10-23/h1,3-4,9-10,24-27H,2,5-8,11-22H2,(H,31,32). The van der Waals surface area contributed by atoms with Crippen LogP contribution in [0.1, 0.15) is 76.2 Å². The zero-order valence-corrected chi connectivity index (χ0v) is 20.0. The van der Waals surface area contributed by atoms with Crippen molar-refractivity contribution >= 4 is 5.97 Å². The van der Waals surface area contributed by atoms with Crippen molar-refractivity contribution in [3.05, 3.63) is 35.9 Å². The minimum atomic E-state index is -0.578. The van der Waals surface area contributed by atoms with Crippen LogP contribution in [0.4, 0.5) is 0 Å². The van der Waals surface area contributed by atoms with E-state index in [1.807, 2.05) is 0 Å². The number of nitrogens with zero attached hydrogens (tertiary/aromatic N) is 2. The van der Waals surface area contributed by atoms with Crippen molar-refractivity contribution in [1.29, 1.82) is 0 Å². The van der Waals surface area contributed by atoms with Crippen LogP contribution < -0.4 is 0 Å². The first-order valence-electron chi connectivity index (χ1n) is 13.4. The van der Waals surface area contributed by atoms with Crippen LogP contribution in [0, 0.1) is 17.8 Å². The third-order valence-corrected chi connectivity index (χ3v) is 8.45. The summed E-state index contributed by atoms with van der Waals surface area (Å²) in [6, 6.07) is 10.6. The fourth-order valence-electron chi connectivity index (χ4n) is 6.60. The van der Waals surface area contributed by atoms with Gasteiger partial charge in [-0.25, -0.2) is 0 Å². The van der Waals surface area contributed by atoms with Crippen LogP contribution in [0.25, 0.3) is 0 Å². The molecule has 0 bridgehead atoms. The molecular weight excluding hydrogens is 396 g/mol. The lowest BCUT2D eigenvalue weighted by molar-refractivity contribution is -0.145. The highest BCUT2D eigenvalue weighted by molar-refractivity contribution is 5.74. The Hall–Kier alpha value is -1.39. The number of benzene rings is 1. The molecule has 1 N–H and O–H groups in total. The Labute approximate surface area is 195 Å². The fraction of sp³-hybridized carbons (Fsp3) is 0.750. The van der Waals surface area contributed by atoms with E-state index in [1.165, 1.54) is 89.4 Å². The highest BCUT2D eigenvalue weighted by atomic mass is 16.4. The van der Waals surface area contributed by atoms with Crippen molar-refractivity contribution in [3.8, 4) is 0 Å². The molecule has 1 aromatic carbocycles. The number of hydrogen-bond acceptors (Lipinski definition) is 3. The molecule has 2 atom stereocenters. The number of carbonyl (C=O) groups is 1. The lowest BCUT2D eigenvalue weighted by atomic mass is 9.83. The van der Waals surface area contributed by atoms with Crippen LogP contribution in [0.15, 0.2) is 30.3 Å². The van der Waals surface area contributed by atoms with E-state index in [4.69, 9.17) is 0 Å². The smallest absolute Gasteiger partial charge is 0.321 e. The van der Waals surface area contributed by atoms with Crippen molar-refractivity contribution in [2.45, 2.75) is 83.1 Å². The zero-order chi connectivity index (χ0) is 22.2. The summed E-state index contributed by atoms with van der Waals surface area (Å²) in [7, 11) is 0. The lowest BCUT2D eigenvalue weighted by Gasteiger charge is -2.35. The summed E-state index contributed by atoms with van der Waals surface area (Å²) in [6.45, 7) is 5.63. The van der Waals surface area contributed by atoms with Gasteiger partial charge in [-0.2, -0.15) is 0 Å². The summed E-state index contributed by atoms with van der Waals surface area (Å²) in [5.74, 6) is 1.36. The third kappa shape index (κ3) is 6.81. The van der Waals surface area contributed by atoms with Gasteiger partial charge in [0, 0.05) is 13.1 Å². The van der Waals surface area contributed by atoms with E-state index in [1.54, 1.807) is 0 Å². The average molecular weight is 441 g/mol. The zero-order valence-electron chi connectivity index (χ0n) is 20.0. The van der Waals surface area contributed by atoms with Gasteiger partial charge < -0.3 is 10.0 Å². The number of aliphatic carboxylic acids is 1. The molecule has 2 heterocycles. The van der Waals surface area contributed by atoms with Crippen LogP contribution in [0.2, 0.25) is 0 Å². The van der Waals surface area contributed by atoms with Gasteiger partial charge in [0.2, 0.25) is 0 Å². The summed E-state index contributed by atoms with van der Waals surface area (Å²) in [4.78, 5) is 17.0. The van der Waals surface area contributed by atoms with Crippen LogP contribution in [0.3, 0.4) is 0 Å². The minimum Gasteiger partial charge on any atom is -0.480 e. The Morgan fingerprint density at radius 3 is 2.34 bits per heavy atom. The second-order valence-corrected chi connectivity index (χ2v) is 10.8. The Kier molecular flexibility index (Phi) is 9.04. The number of piperidine rings is 1. The predicted octanol–water partition coefficient (Wildman–Crippen LogP) is 5.47. The summed E-state index contributed by atoms with van der Waals surface area (Å²) >= 11 is 0. The van der Waals surface area contributed by atoms with E-state index < -0.39 is 5.97 Å². The molecule has 0 radical (unpaired) electrons. The van der Waals surface area contributed by atoms with E-state index in [0.29, 0.717) is 11.8 Å². The Morgan fingerprint density at radius 2 is 1.62 bits per heavy atom. The quantitative estimate of drug-likeness (QED) is 0.490. The van der Waals surface area contributed by atoms with Crippen molar-refractivity contribution in [2.24, 2.45) is 17.8 Å². The van der Waals surface area contributed by atoms with Gasteiger partial charge in [-0.15, -0.1) is 0 Å². The maximum absolute atomic E-state index is 12.1. The first-order valence-corrected chi connectivity index (χ1v) is 13.4. The molecule has 4 rings (SSSR count). The van der Waals surface area contributed by atoms with Crippen molar-refractivity contribution in [2.75, 3.05) is 32.7 Å². The van der Waals surface area contributed by atoms with Crippen molar-refractivity contribution in [3.63, 3.8) is 0 Å². The molecule has 0 spiro atoms. The van der Waals surface area contributed by atoms with Gasteiger partial charge >= 0.3 is 5.97 Å². The van der Waals surface area contributed by atoms with E-state index >= 15 is 0 Å². The van der Waals surface area contributed by atoms with Crippen LogP contribution >= 0.6 is 0 Å². The first-order chi connectivity index (χ1) is 15.7. The van der Waals surface area contributed by atoms with Crippen LogP contribution in [0.5, 0.6) is 0 Å². The molecule has 4 heteroatoms. The molecular formula is C28H44N2O2. The van der Waals surface area contributed by atoms with E-state index in [0.717, 1.165) is 31.8 Å². The molecule has 0 aromatic heterocycles. The second-order valence-electron chi connectivity index (χ2n) is 10.8. The van der Waals surface area contributed by atoms with Gasteiger partial charge in [0.15, 0.2) is 0 Å². The van der Waals surface area contributed by atoms with Gasteiger partial charge in [0.1, 0.15) is 6.04 Å². The molecule has 3 aliphatic rings. The molecule has 3 fully saturated rings. The Balaban J connectivity index is 1.13. The SMILES string of the molecule is O=C(O)C(C1CCCCC1)N1CCC(CN2CCC(CCCCc3ccccc3)CC2)C1. The lowest BCUT2D eigenvalue weighted by Crippen LogP contribution is -2.46. The van der Waals surface area contributed by atoms with Gasteiger partial charge in [-0.05, 0) is 87.9 Å². The summed E-state index contributed by atoms with van der Waals surface area (Å²) in [5, 5.41) is 9.92. The van der Waals surface area contributed by atoms with Gasteiger partial charge in [0.05, 0.1) is 0 Å². The molecule has 32 heavy (non-hydrogen) atoms. The molecule has 4 nitrogen and oxygen atoms in total. The molecule has 1 saturated carbocycles. The Morgan fingerprint density at radius 1 is 0.906 bits per heavy atom. The van der Waals surface area contributed by atoms with E-state index in [2.05, 4.69) is 40.1 Å². The topological polar surface area (TPSA) is 43.8 Å². The molecule has 0 amide bonds. The van der Waals surface area contributed by atoms with E-state index in [9.17, 15) is 9.90 Å². The normalized spacial score (nSPS) is 25.2. The molecule has 178 valence electrons. The minimum absolute atomic E-state index is 0.234. The summed E-state index contributed by atoms with van der Waals surface area (Å²) < 4.78 is 0. The van der Waals surface area contributed by atoms with Gasteiger partial charge in [-0.1, -0.05) is 62.4 Å². The maximum Gasteiger partial charge on any atom is 0.321 e. The molecule has 2 saturated heterocycles. The number of unbranched alkanes of at least 4 members (excludes halogenated alkanes) is 1. The number of hydrogen-bond donors (Lipinski definition) is 1. The first kappa shape index (κ1) is 23.8. The molecule has 1 aliphatic carbocycles. The predicted molar refractivity (Wildman–Crippen MR) is 131 cm³/mol. The summed E-state index contributed by atoms with van der Waals surface area (Å²) in [5.41, 5.74) is 1.47. The second kappa shape index (κ2) is 12.2. The number of likely N-dealkylation sites (tertiary alicyclic amines) is 2. The van der Waals surface area contributed by atoms with Gasteiger partial charge in [-0.3, -0.25) is 9.69 Å². The highest BCUT2D eigenvalue weighted by Crippen LogP contribution is 2.32. The number of carboxylic acid groups (broad SMARTS) is 1. The third-order valence-electron chi connectivity index (χ3n) is 8.45. The van der Waals surface area contributed by atoms with Gasteiger partial charge in [0.25, 0.3) is 0 Å². The average Bonchev–Trinajstić information content (AvgIpc) is 3.27. The number of aryl methyl sites for hydroxylation is 1. The summed E-state index contributed by atoms with van der Waals surface area (Å²) in [6.07, 6.45) is 15.1. The van der Waals surface area contributed by atoms with Crippen molar-refractivity contribution in [1.82, 2.24) is 9.80 Å². The fourth-order valence-corrected chi connectivity index (χ4v) is 6.60. The maximum atomic E-state index is 12.1. The monoisotopic (exact) mass is 440 g/mol. The number of rotatable bonds is 10. The number of carboxylic acids is 1. The van der Waals surface area contributed by atoms with E-state index in [-0.39, 0.29) is 6.04 Å². The van der Waals surface area contributed by atoms with Crippen molar-refractivity contribution < 1.29 is 9.90 Å². The Bertz CT molecular complexity index is 680. The molecule has 2 aliphatic heterocycles. The molecule has 1 aromatic rings. The van der Waals surface area contributed by atoms with Crippen LogP contribution in [-0.2, 0) is 11.2 Å². The largest absolute Gasteiger partial charge is 0.480 e. The highest BCUT2D eigenvalue weighted by Gasteiger charge is 2.38. The van der Waals surface area contributed by atoms with Crippen LogP contribution in [-0.4, -0.2) is 59.6 Å². The molecule has 2 unspecified atom stereocenters.